The number of aromatic nitrogens is 1. The average molecular weight is 276 g/mol. The van der Waals surface area contributed by atoms with Gasteiger partial charge in [-0.1, -0.05) is 0 Å². The van der Waals surface area contributed by atoms with Gasteiger partial charge in [-0.3, -0.25) is 0 Å². The van der Waals surface area contributed by atoms with Crippen molar-refractivity contribution in [3.05, 3.63) is 29.5 Å². The third-order valence-corrected chi connectivity index (χ3v) is 2.69. The summed E-state index contributed by atoms with van der Waals surface area (Å²) in [6, 6.07) is 4.71. The van der Waals surface area contributed by atoms with E-state index in [2.05, 4.69) is 4.98 Å². The number of rotatable bonds is 2. The summed E-state index contributed by atoms with van der Waals surface area (Å²) in [6.07, 6.45) is 0. The molecule has 20 heavy (non-hydrogen) atoms. The van der Waals surface area contributed by atoms with Crippen molar-refractivity contribution in [3.63, 3.8) is 0 Å². The van der Waals surface area contributed by atoms with E-state index in [1.807, 2.05) is 0 Å². The molecule has 0 atom stereocenters. The molecular formula is C14H16N2O4. The Balaban J connectivity index is 2.46. The zero-order valence-corrected chi connectivity index (χ0v) is 11.5. The predicted octanol–water partition coefficient (Wildman–Crippen LogP) is 2.40. The van der Waals surface area contributed by atoms with Crippen LogP contribution in [-0.2, 0) is 4.74 Å². The number of nitrogens with one attached hydrogen (secondary N) is 1. The van der Waals surface area contributed by atoms with Gasteiger partial charge in [0, 0.05) is 10.9 Å². The van der Waals surface area contributed by atoms with Crippen molar-refractivity contribution in [2.75, 3.05) is 5.73 Å². The number of carbonyl (C=O) groups is 2. The standard InChI is InChI=1S/C14H16N2O4/c1-14(2,3)20-13(19)7-4-5-9-8(6-7)10(15)11(16-9)12(17)18/h4-6,16H,15H2,1-3H3,(H,17,18). The number of H-pyrrole nitrogens is 1. The van der Waals surface area contributed by atoms with Gasteiger partial charge in [-0.05, 0) is 39.0 Å². The molecule has 0 saturated heterocycles. The van der Waals surface area contributed by atoms with Gasteiger partial charge < -0.3 is 20.6 Å². The van der Waals surface area contributed by atoms with E-state index in [-0.39, 0.29) is 11.4 Å². The van der Waals surface area contributed by atoms with Crippen LogP contribution >= 0.6 is 0 Å². The molecule has 0 amide bonds. The number of aromatic amines is 1. The Hall–Kier alpha value is -2.50. The highest BCUT2D eigenvalue weighted by molar-refractivity contribution is 6.06. The zero-order valence-electron chi connectivity index (χ0n) is 11.5. The van der Waals surface area contributed by atoms with Gasteiger partial charge in [0.05, 0.1) is 11.3 Å². The molecule has 0 aliphatic heterocycles. The molecule has 6 nitrogen and oxygen atoms in total. The number of anilines is 1. The van der Waals surface area contributed by atoms with Crippen LogP contribution in [0.15, 0.2) is 18.2 Å². The van der Waals surface area contributed by atoms with Crippen LogP contribution in [0.3, 0.4) is 0 Å². The molecule has 106 valence electrons. The van der Waals surface area contributed by atoms with Crippen molar-refractivity contribution in [1.29, 1.82) is 0 Å². The molecule has 2 aromatic rings. The normalized spacial score (nSPS) is 11.6. The van der Waals surface area contributed by atoms with Crippen molar-refractivity contribution in [3.8, 4) is 0 Å². The Morgan fingerprint density at radius 1 is 1.30 bits per heavy atom. The van der Waals surface area contributed by atoms with Gasteiger partial charge in [-0.15, -0.1) is 0 Å². The summed E-state index contributed by atoms with van der Waals surface area (Å²) < 4.78 is 5.26. The number of benzene rings is 1. The first kappa shape index (κ1) is 13.9. The summed E-state index contributed by atoms with van der Waals surface area (Å²) in [6.45, 7) is 5.32. The summed E-state index contributed by atoms with van der Waals surface area (Å²) in [7, 11) is 0. The fourth-order valence-corrected chi connectivity index (χ4v) is 1.85. The van der Waals surface area contributed by atoms with E-state index < -0.39 is 17.5 Å². The molecule has 0 bridgehead atoms. The second-order valence-corrected chi connectivity index (χ2v) is 5.48. The number of carbonyl (C=O) groups excluding carboxylic acids is 1. The SMILES string of the molecule is CC(C)(C)OC(=O)c1ccc2[nH]c(C(=O)O)c(N)c2c1. The largest absolute Gasteiger partial charge is 0.477 e. The monoisotopic (exact) mass is 276 g/mol. The maximum Gasteiger partial charge on any atom is 0.354 e. The van der Waals surface area contributed by atoms with E-state index in [1.165, 1.54) is 6.07 Å². The Bertz CT molecular complexity index is 695. The smallest absolute Gasteiger partial charge is 0.354 e. The molecule has 0 spiro atoms. The number of fused-ring (bicyclic) bond motifs is 1. The van der Waals surface area contributed by atoms with Gasteiger partial charge in [0.1, 0.15) is 11.3 Å². The first-order valence-electron chi connectivity index (χ1n) is 6.07. The van der Waals surface area contributed by atoms with Gasteiger partial charge in [-0.25, -0.2) is 9.59 Å². The minimum absolute atomic E-state index is 0.0821. The second-order valence-electron chi connectivity index (χ2n) is 5.48. The van der Waals surface area contributed by atoms with Crippen LogP contribution in [0.5, 0.6) is 0 Å². The number of ether oxygens (including phenoxy) is 1. The highest BCUT2D eigenvalue weighted by atomic mass is 16.6. The van der Waals surface area contributed by atoms with Gasteiger partial charge >= 0.3 is 11.9 Å². The molecule has 2 rings (SSSR count). The van der Waals surface area contributed by atoms with E-state index in [0.717, 1.165) is 0 Å². The summed E-state index contributed by atoms with van der Waals surface area (Å²) in [4.78, 5) is 25.7. The highest BCUT2D eigenvalue weighted by Gasteiger charge is 2.20. The van der Waals surface area contributed by atoms with Crippen molar-refractivity contribution < 1.29 is 19.4 Å². The molecule has 4 N–H and O–H groups in total. The second kappa shape index (κ2) is 4.56. The fourth-order valence-electron chi connectivity index (χ4n) is 1.85. The molecule has 0 fully saturated rings. The number of esters is 1. The molecule has 0 aliphatic carbocycles. The van der Waals surface area contributed by atoms with E-state index in [0.29, 0.717) is 16.5 Å². The van der Waals surface area contributed by atoms with Crippen LogP contribution in [0.2, 0.25) is 0 Å². The maximum absolute atomic E-state index is 12.0. The van der Waals surface area contributed by atoms with E-state index in [1.54, 1.807) is 32.9 Å². The Morgan fingerprint density at radius 2 is 1.95 bits per heavy atom. The number of hydrogen-bond acceptors (Lipinski definition) is 4. The summed E-state index contributed by atoms with van der Waals surface area (Å²) in [5.41, 5.74) is 6.09. The van der Waals surface area contributed by atoms with Crippen molar-refractivity contribution in [1.82, 2.24) is 4.98 Å². The summed E-state index contributed by atoms with van der Waals surface area (Å²) in [5, 5.41) is 9.49. The maximum atomic E-state index is 12.0. The lowest BCUT2D eigenvalue weighted by molar-refractivity contribution is 0.00695. The lowest BCUT2D eigenvalue weighted by atomic mass is 10.1. The molecule has 0 saturated carbocycles. The average Bonchev–Trinajstić information content (AvgIpc) is 2.64. The fraction of sp³-hybridized carbons (Fsp3) is 0.286. The van der Waals surface area contributed by atoms with E-state index >= 15 is 0 Å². The van der Waals surface area contributed by atoms with E-state index in [4.69, 9.17) is 15.6 Å². The number of aromatic carboxylic acids is 1. The molecule has 0 unspecified atom stereocenters. The van der Waals surface area contributed by atoms with Crippen LogP contribution in [0, 0.1) is 0 Å². The summed E-state index contributed by atoms with van der Waals surface area (Å²) >= 11 is 0. The molecule has 1 aromatic carbocycles. The van der Waals surface area contributed by atoms with Crippen LogP contribution in [0.25, 0.3) is 10.9 Å². The lowest BCUT2D eigenvalue weighted by Gasteiger charge is -2.19. The minimum Gasteiger partial charge on any atom is -0.477 e. The number of carboxylic acid groups (broad SMARTS) is 1. The van der Waals surface area contributed by atoms with Crippen LogP contribution in [-0.4, -0.2) is 27.6 Å². The Morgan fingerprint density at radius 3 is 2.50 bits per heavy atom. The first-order chi connectivity index (χ1) is 9.19. The highest BCUT2D eigenvalue weighted by Crippen LogP contribution is 2.26. The van der Waals surface area contributed by atoms with Crippen LogP contribution in [0.1, 0.15) is 41.6 Å². The predicted molar refractivity (Wildman–Crippen MR) is 74.8 cm³/mol. The number of hydrogen-bond donors (Lipinski definition) is 3. The third kappa shape index (κ3) is 2.59. The molecule has 1 aromatic heterocycles. The zero-order chi connectivity index (χ0) is 15.1. The minimum atomic E-state index is -1.14. The van der Waals surface area contributed by atoms with Crippen LogP contribution < -0.4 is 5.73 Å². The quantitative estimate of drug-likeness (QED) is 0.730. The Labute approximate surface area is 115 Å². The van der Waals surface area contributed by atoms with Crippen molar-refractivity contribution in [2.45, 2.75) is 26.4 Å². The van der Waals surface area contributed by atoms with Gasteiger partial charge in [-0.2, -0.15) is 0 Å². The third-order valence-electron chi connectivity index (χ3n) is 2.69. The Kier molecular flexibility index (Phi) is 3.17. The molecule has 0 radical (unpaired) electrons. The number of nitrogen functional groups attached to an aromatic ring is 1. The van der Waals surface area contributed by atoms with Crippen molar-refractivity contribution in [2.24, 2.45) is 0 Å². The molecule has 0 aliphatic rings. The summed E-state index contributed by atoms with van der Waals surface area (Å²) in [5.74, 6) is -1.62. The topological polar surface area (TPSA) is 105 Å². The number of carboxylic acids is 1. The van der Waals surface area contributed by atoms with E-state index in [9.17, 15) is 9.59 Å². The lowest BCUT2D eigenvalue weighted by Crippen LogP contribution is -2.23. The van der Waals surface area contributed by atoms with Gasteiger partial charge in [0.25, 0.3) is 0 Å². The molecule has 1 heterocycles. The van der Waals surface area contributed by atoms with Gasteiger partial charge in [0.2, 0.25) is 0 Å². The molecular weight excluding hydrogens is 260 g/mol. The number of nitrogens with two attached hydrogens (primary N) is 1. The van der Waals surface area contributed by atoms with Gasteiger partial charge in [0.15, 0.2) is 0 Å². The van der Waals surface area contributed by atoms with Crippen molar-refractivity contribution >= 4 is 28.5 Å². The van der Waals surface area contributed by atoms with Crippen LogP contribution in [0.4, 0.5) is 5.69 Å². The molecule has 6 heteroatoms. The first-order valence-corrected chi connectivity index (χ1v) is 6.07.